The summed E-state index contributed by atoms with van der Waals surface area (Å²) in [5, 5.41) is 2.24. The van der Waals surface area contributed by atoms with Crippen molar-refractivity contribution in [3.63, 3.8) is 0 Å². The fourth-order valence-corrected chi connectivity index (χ4v) is 2.53. The molecular formula is C19H17NO. The van der Waals surface area contributed by atoms with Crippen molar-refractivity contribution in [1.82, 2.24) is 0 Å². The molecule has 0 atom stereocenters. The number of fused-ring (bicyclic) bond motifs is 1. The Balaban J connectivity index is 1.98. The summed E-state index contributed by atoms with van der Waals surface area (Å²) >= 11 is 0. The Labute approximate surface area is 124 Å². The minimum atomic E-state index is 0.0365. The van der Waals surface area contributed by atoms with Gasteiger partial charge in [-0.15, -0.1) is 0 Å². The SMILES string of the molecule is CCN(C(=O)c1ccc2ccccc2c1)c1ccccc1. The Hall–Kier alpha value is -2.61. The summed E-state index contributed by atoms with van der Waals surface area (Å²) in [7, 11) is 0. The maximum atomic E-state index is 12.7. The number of hydrogen-bond acceptors (Lipinski definition) is 1. The van der Waals surface area contributed by atoms with E-state index in [2.05, 4.69) is 6.07 Å². The van der Waals surface area contributed by atoms with Crippen molar-refractivity contribution >= 4 is 22.4 Å². The maximum Gasteiger partial charge on any atom is 0.258 e. The van der Waals surface area contributed by atoms with Crippen molar-refractivity contribution in [1.29, 1.82) is 0 Å². The fourth-order valence-electron chi connectivity index (χ4n) is 2.53. The molecule has 21 heavy (non-hydrogen) atoms. The lowest BCUT2D eigenvalue weighted by Crippen LogP contribution is -2.30. The van der Waals surface area contributed by atoms with E-state index in [0.29, 0.717) is 6.54 Å². The van der Waals surface area contributed by atoms with Gasteiger partial charge >= 0.3 is 0 Å². The van der Waals surface area contributed by atoms with E-state index in [1.807, 2.05) is 73.7 Å². The van der Waals surface area contributed by atoms with Crippen LogP contribution < -0.4 is 4.90 Å². The number of benzene rings is 3. The van der Waals surface area contributed by atoms with Gasteiger partial charge in [0.1, 0.15) is 0 Å². The Kier molecular flexibility index (Phi) is 3.69. The number of amides is 1. The first-order valence-corrected chi connectivity index (χ1v) is 7.15. The second-order valence-electron chi connectivity index (χ2n) is 4.95. The smallest absolute Gasteiger partial charge is 0.258 e. The molecule has 0 N–H and O–H groups in total. The van der Waals surface area contributed by atoms with Crippen LogP contribution in [0.4, 0.5) is 5.69 Å². The van der Waals surface area contributed by atoms with Gasteiger partial charge in [0, 0.05) is 17.8 Å². The highest BCUT2D eigenvalue weighted by atomic mass is 16.2. The summed E-state index contributed by atoms with van der Waals surface area (Å²) in [5.74, 6) is 0.0365. The normalized spacial score (nSPS) is 10.5. The minimum Gasteiger partial charge on any atom is -0.309 e. The van der Waals surface area contributed by atoms with Gasteiger partial charge in [-0.05, 0) is 42.0 Å². The van der Waals surface area contributed by atoms with Gasteiger partial charge in [-0.3, -0.25) is 4.79 Å². The number of rotatable bonds is 3. The van der Waals surface area contributed by atoms with Gasteiger partial charge in [-0.1, -0.05) is 48.5 Å². The fraction of sp³-hybridized carbons (Fsp3) is 0.105. The van der Waals surface area contributed by atoms with E-state index in [1.54, 1.807) is 4.90 Å². The van der Waals surface area contributed by atoms with Crippen molar-refractivity contribution in [2.45, 2.75) is 6.92 Å². The summed E-state index contributed by atoms with van der Waals surface area (Å²) in [5.41, 5.74) is 1.65. The van der Waals surface area contributed by atoms with Crippen LogP contribution in [0.3, 0.4) is 0 Å². The van der Waals surface area contributed by atoms with E-state index >= 15 is 0 Å². The topological polar surface area (TPSA) is 20.3 Å². The Morgan fingerprint density at radius 1 is 0.857 bits per heavy atom. The molecule has 0 unspecified atom stereocenters. The van der Waals surface area contributed by atoms with E-state index in [0.717, 1.165) is 22.0 Å². The molecule has 0 radical (unpaired) electrons. The summed E-state index contributed by atoms with van der Waals surface area (Å²) in [4.78, 5) is 14.5. The average molecular weight is 275 g/mol. The van der Waals surface area contributed by atoms with Gasteiger partial charge in [0.15, 0.2) is 0 Å². The molecule has 0 heterocycles. The largest absolute Gasteiger partial charge is 0.309 e. The van der Waals surface area contributed by atoms with Crippen LogP contribution in [-0.4, -0.2) is 12.5 Å². The molecule has 1 amide bonds. The Morgan fingerprint density at radius 3 is 2.24 bits per heavy atom. The predicted molar refractivity (Wildman–Crippen MR) is 87.7 cm³/mol. The molecule has 0 bridgehead atoms. The van der Waals surface area contributed by atoms with Gasteiger partial charge in [-0.25, -0.2) is 0 Å². The monoisotopic (exact) mass is 275 g/mol. The van der Waals surface area contributed by atoms with E-state index in [1.165, 1.54) is 0 Å². The highest BCUT2D eigenvalue weighted by Crippen LogP contribution is 2.20. The van der Waals surface area contributed by atoms with Crippen molar-refractivity contribution < 1.29 is 4.79 Å². The first-order valence-electron chi connectivity index (χ1n) is 7.15. The lowest BCUT2D eigenvalue weighted by Gasteiger charge is -2.21. The summed E-state index contributed by atoms with van der Waals surface area (Å²) in [6.45, 7) is 2.64. The molecule has 0 saturated heterocycles. The van der Waals surface area contributed by atoms with Gasteiger partial charge in [0.25, 0.3) is 5.91 Å². The molecule has 0 saturated carbocycles. The third-order valence-corrected chi connectivity index (χ3v) is 3.63. The number of carbonyl (C=O) groups excluding carboxylic acids is 1. The van der Waals surface area contributed by atoms with Gasteiger partial charge in [0.2, 0.25) is 0 Å². The highest BCUT2D eigenvalue weighted by molar-refractivity contribution is 6.08. The van der Waals surface area contributed by atoms with Gasteiger partial charge in [0.05, 0.1) is 0 Å². The average Bonchev–Trinajstić information content (AvgIpc) is 2.56. The molecule has 0 aromatic heterocycles. The number of hydrogen-bond donors (Lipinski definition) is 0. The molecule has 0 spiro atoms. The molecule has 3 rings (SSSR count). The molecule has 0 aliphatic rings. The molecule has 3 aromatic rings. The summed E-state index contributed by atoms with van der Waals surface area (Å²) in [6, 6.07) is 23.7. The molecule has 0 fully saturated rings. The van der Waals surface area contributed by atoms with Crippen LogP contribution in [-0.2, 0) is 0 Å². The zero-order valence-electron chi connectivity index (χ0n) is 12.0. The predicted octanol–water partition coefficient (Wildman–Crippen LogP) is 4.51. The Morgan fingerprint density at radius 2 is 1.52 bits per heavy atom. The van der Waals surface area contributed by atoms with Crippen LogP contribution in [0, 0.1) is 0 Å². The van der Waals surface area contributed by atoms with Crippen LogP contribution in [0.25, 0.3) is 10.8 Å². The molecule has 3 aromatic carbocycles. The quantitative estimate of drug-likeness (QED) is 0.689. The number of nitrogens with zero attached hydrogens (tertiary/aromatic N) is 1. The van der Waals surface area contributed by atoms with Gasteiger partial charge < -0.3 is 4.90 Å². The van der Waals surface area contributed by atoms with Crippen LogP contribution in [0.2, 0.25) is 0 Å². The third kappa shape index (κ3) is 2.65. The standard InChI is InChI=1S/C19H17NO/c1-2-20(18-10-4-3-5-11-18)19(21)17-13-12-15-8-6-7-9-16(15)14-17/h3-14H,2H2,1H3. The second-order valence-corrected chi connectivity index (χ2v) is 4.95. The molecule has 0 aliphatic carbocycles. The second kappa shape index (κ2) is 5.80. The van der Waals surface area contributed by atoms with Crippen molar-refractivity contribution in [3.8, 4) is 0 Å². The lowest BCUT2D eigenvalue weighted by molar-refractivity contribution is 0.0988. The Bertz CT molecular complexity index is 765. The molecule has 2 nitrogen and oxygen atoms in total. The first-order chi connectivity index (χ1) is 10.3. The van der Waals surface area contributed by atoms with Crippen molar-refractivity contribution in [2.24, 2.45) is 0 Å². The maximum absolute atomic E-state index is 12.7. The zero-order chi connectivity index (χ0) is 14.7. The van der Waals surface area contributed by atoms with E-state index in [9.17, 15) is 4.79 Å². The number of anilines is 1. The van der Waals surface area contributed by atoms with Crippen molar-refractivity contribution in [3.05, 3.63) is 78.4 Å². The van der Waals surface area contributed by atoms with E-state index in [-0.39, 0.29) is 5.91 Å². The van der Waals surface area contributed by atoms with Crippen molar-refractivity contribution in [2.75, 3.05) is 11.4 Å². The van der Waals surface area contributed by atoms with E-state index in [4.69, 9.17) is 0 Å². The number of carbonyl (C=O) groups is 1. The van der Waals surface area contributed by atoms with Crippen LogP contribution in [0.15, 0.2) is 72.8 Å². The minimum absolute atomic E-state index is 0.0365. The third-order valence-electron chi connectivity index (χ3n) is 3.63. The highest BCUT2D eigenvalue weighted by Gasteiger charge is 2.15. The van der Waals surface area contributed by atoms with Crippen LogP contribution >= 0.6 is 0 Å². The summed E-state index contributed by atoms with van der Waals surface area (Å²) < 4.78 is 0. The van der Waals surface area contributed by atoms with Crippen LogP contribution in [0.5, 0.6) is 0 Å². The molecule has 0 aliphatic heterocycles. The summed E-state index contributed by atoms with van der Waals surface area (Å²) in [6.07, 6.45) is 0. The molecule has 2 heteroatoms. The number of para-hydroxylation sites is 1. The van der Waals surface area contributed by atoms with E-state index < -0.39 is 0 Å². The first kappa shape index (κ1) is 13.4. The molecule has 104 valence electrons. The van der Waals surface area contributed by atoms with Gasteiger partial charge in [-0.2, -0.15) is 0 Å². The lowest BCUT2D eigenvalue weighted by atomic mass is 10.1. The molecular weight excluding hydrogens is 258 g/mol. The zero-order valence-corrected chi connectivity index (χ0v) is 12.0. The van der Waals surface area contributed by atoms with Crippen LogP contribution in [0.1, 0.15) is 17.3 Å².